The van der Waals surface area contributed by atoms with Crippen LogP contribution in [0.15, 0.2) is 21.1 Å². The van der Waals surface area contributed by atoms with Crippen molar-refractivity contribution in [2.75, 3.05) is 5.32 Å². The van der Waals surface area contributed by atoms with Gasteiger partial charge in [0.25, 0.3) is 0 Å². The second-order valence-electron chi connectivity index (χ2n) is 5.25. The van der Waals surface area contributed by atoms with Gasteiger partial charge in [-0.2, -0.15) is 5.26 Å². The van der Waals surface area contributed by atoms with E-state index in [0.717, 1.165) is 27.4 Å². The summed E-state index contributed by atoms with van der Waals surface area (Å²) >= 11 is 6.93. The van der Waals surface area contributed by atoms with Crippen molar-refractivity contribution < 1.29 is 4.79 Å². The van der Waals surface area contributed by atoms with Crippen molar-refractivity contribution in [3.05, 3.63) is 26.6 Å². The van der Waals surface area contributed by atoms with Gasteiger partial charge in [-0.3, -0.25) is 4.79 Å². The first-order valence-corrected chi connectivity index (χ1v) is 8.67. The summed E-state index contributed by atoms with van der Waals surface area (Å²) in [6.07, 6.45) is 2.75. The number of nitriles is 1. The molecule has 0 unspecified atom stereocenters. The molecular formula is C16H20Br2N2O. The molecule has 0 radical (unpaired) electrons. The van der Waals surface area contributed by atoms with Gasteiger partial charge in [-0.1, -0.05) is 26.7 Å². The van der Waals surface area contributed by atoms with Gasteiger partial charge in [0.2, 0.25) is 5.91 Å². The van der Waals surface area contributed by atoms with E-state index in [1.54, 1.807) is 0 Å². The fraction of sp³-hybridized carbons (Fsp3) is 0.500. The zero-order chi connectivity index (χ0) is 16.0. The van der Waals surface area contributed by atoms with Crippen LogP contribution in [0.25, 0.3) is 0 Å². The Morgan fingerprint density at radius 1 is 1.24 bits per heavy atom. The first-order valence-electron chi connectivity index (χ1n) is 7.08. The van der Waals surface area contributed by atoms with Gasteiger partial charge in [-0.25, -0.2) is 0 Å². The Bertz CT molecular complexity index is 535. The lowest BCUT2D eigenvalue weighted by atomic mass is 9.79. The molecule has 0 aliphatic heterocycles. The topological polar surface area (TPSA) is 52.9 Å². The number of amides is 1. The molecule has 0 heterocycles. The highest BCUT2D eigenvalue weighted by atomic mass is 79.9. The number of benzene rings is 1. The molecule has 0 aliphatic carbocycles. The normalized spacial score (nSPS) is 11.0. The Morgan fingerprint density at radius 2 is 1.71 bits per heavy atom. The van der Waals surface area contributed by atoms with Crippen molar-refractivity contribution in [3.8, 4) is 6.07 Å². The van der Waals surface area contributed by atoms with Crippen LogP contribution in [0.4, 0.5) is 5.69 Å². The number of aryl methyl sites for hydroxylation is 1. The summed E-state index contributed by atoms with van der Waals surface area (Å²) in [5.41, 5.74) is 0.811. The highest BCUT2D eigenvalue weighted by molar-refractivity contribution is 9.11. The Hall–Kier alpha value is -0.860. The van der Waals surface area contributed by atoms with Gasteiger partial charge in [0.1, 0.15) is 5.41 Å². The minimum Gasteiger partial charge on any atom is -0.323 e. The minimum atomic E-state index is -0.951. The monoisotopic (exact) mass is 414 g/mol. The van der Waals surface area contributed by atoms with E-state index in [-0.39, 0.29) is 5.91 Å². The Labute approximate surface area is 143 Å². The molecule has 1 rings (SSSR count). The van der Waals surface area contributed by atoms with Crippen molar-refractivity contribution >= 4 is 43.5 Å². The van der Waals surface area contributed by atoms with Gasteiger partial charge in [0, 0.05) is 8.95 Å². The Kier molecular flexibility index (Phi) is 6.89. The predicted octanol–water partition coefficient (Wildman–Crippen LogP) is 5.57. The van der Waals surface area contributed by atoms with Crippen LogP contribution in [0.5, 0.6) is 0 Å². The molecule has 1 amide bonds. The first-order chi connectivity index (χ1) is 9.90. The van der Waals surface area contributed by atoms with Gasteiger partial charge in [-0.05, 0) is 69.3 Å². The maximum absolute atomic E-state index is 12.7. The molecule has 0 atom stereocenters. The van der Waals surface area contributed by atoms with Crippen LogP contribution in [0.2, 0.25) is 0 Å². The highest BCUT2D eigenvalue weighted by Gasteiger charge is 2.37. The van der Waals surface area contributed by atoms with Gasteiger partial charge < -0.3 is 5.32 Å². The molecule has 0 bridgehead atoms. The van der Waals surface area contributed by atoms with E-state index in [1.807, 2.05) is 32.9 Å². The van der Waals surface area contributed by atoms with E-state index in [1.165, 1.54) is 0 Å². The first kappa shape index (κ1) is 18.2. The Morgan fingerprint density at radius 3 is 2.10 bits per heavy atom. The highest BCUT2D eigenvalue weighted by Crippen LogP contribution is 2.36. The molecule has 3 nitrogen and oxygen atoms in total. The third kappa shape index (κ3) is 4.31. The molecule has 1 aromatic rings. The van der Waals surface area contributed by atoms with Crippen LogP contribution >= 0.6 is 31.9 Å². The predicted molar refractivity (Wildman–Crippen MR) is 93.1 cm³/mol. The average molecular weight is 416 g/mol. The zero-order valence-corrected chi connectivity index (χ0v) is 15.8. The van der Waals surface area contributed by atoms with E-state index in [4.69, 9.17) is 0 Å². The lowest BCUT2D eigenvalue weighted by Gasteiger charge is -2.25. The fourth-order valence-electron chi connectivity index (χ4n) is 2.42. The summed E-state index contributed by atoms with van der Waals surface area (Å²) in [7, 11) is 0. The molecule has 1 aromatic carbocycles. The van der Waals surface area contributed by atoms with Crippen molar-refractivity contribution in [1.29, 1.82) is 5.26 Å². The van der Waals surface area contributed by atoms with Crippen LogP contribution in [-0.4, -0.2) is 5.91 Å². The van der Waals surface area contributed by atoms with E-state index < -0.39 is 5.41 Å². The maximum atomic E-state index is 12.7. The third-order valence-electron chi connectivity index (χ3n) is 3.43. The Balaban J connectivity index is 3.11. The van der Waals surface area contributed by atoms with Crippen molar-refractivity contribution in [1.82, 2.24) is 0 Å². The lowest BCUT2D eigenvalue weighted by Crippen LogP contribution is -2.35. The van der Waals surface area contributed by atoms with Crippen LogP contribution < -0.4 is 5.32 Å². The molecule has 0 spiro atoms. The number of halogens is 2. The lowest BCUT2D eigenvalue weighted by molar-refractivity contribution is -0.123. The van der Waals surface area contributed by atoms with Crippen LogP contribution in [0.3, 0.4) is 0 Å². The van der Waals surface area contributed by atoms with Crippen molar-refractivity contribution in [2.24, 2.45) is 5.41 Å². The summed E-state index contributed by atoms with van der Waals surface area (Å²) in [5.74, 6) is -0.223. The van der Waals surface area contributed by atoms with Gasteiger partial charge in [0.05, 0.1) is 11.8 Å². The number of hydrogen-bond acceptors (Lipinski definition) is 2. The van der Waals surface area contributed by atoms with E-state index >= 15 is 0 Å². The number of nitrogens with zero attached hydrogens (tertiary/aromatic N) is 1. The minimum absolute atomic E-state index is 0.223. The number of carbonyl (C=O) groups excluding carboxylic acids is 1. The molecule has 0 fully saturated rings. The van der Waals surface area contributed by atoms with E-state index in [9.17, 15) is 10.1 Å². The summed E-state index contributed by atoms with van der Waals surface area (Å²) in [4.78, 5) is 12.7. The summed E-state index contributed by atoms with van der Waals surface area (Å²) < 4.78 is 1.62. The van der Waals surface area contributed by atoms with E-state index in [2.05, 4.69) is 43.2 Å². The molecule has 1 N–H and O–H groups in total. The van der Waals surface area contributed by atoms with Gasteiger partial charge >= 0.3 is 0 Å². The largest absolute Gasteiger partial charge is 0.323 e. The fourth-order valence-corrected chi connectivity index (χ4v) is 4.03. The molecule has 0 saturated heterocycles. The molecule has 21 heavy (non-hydrogen) atoms. The quantitative estimate of drug-likeness (QED) is 0.660. The number of carbonyl (C=O) groups is 1. The smallest absolute Gasteiger partial charge is 0.244 e. The van der Waals surface area contributed by atoms with E-state index in [0.29, 0.717) is 18.5 Å². The second kappa shape index (κ2) is 7.95. The zero-order valence-electron chi connectivity index (χ0n) is 12.6. The number of anilines is 1. The molecular weight excluding hydrogens is 396 g/mol. The number of rotatable bonds is 6. The SMILES string of the molecule is CCCC(C#N)(CCC)C(=O)Nc1c(Br)cc(C)cc1Br. The standard InChI is InChI=1S/C16H20Br2N2O/c1-4-6-16(10-19,7-5-2)15(21)20-14-12(17)8-11(3)9-13(14)18/h8-9H,4-7H2,1-3H3,(H,20,21). The molecule has 5 heteroatoms. The van der Waals surface area contributed by atoms with Crippen molar-refractivity contribution in [2.45, 2.75) is 46.5 Å². The number of nitrogens with one attached hydrogen (secondary N) is 1. The average Bonchev–Trinajstić information content (AvgIpc) is 2.42. The van der Waals surface area contributed by atoms with Crippen LogP contribution in [0, 0.1) is 23.7 Å². The summed E-state index contributed by atoms with van der Waals surface area (Å²) in [6.45, 7) is 5.97. The van der Waals surface area contributed by atoms with Crippen molar-refractivity contribution in [3.63, 3.8) is 0 Å². The summed E-state index contributed by atoms with van der Waals surface area (Å²) in [6, 6.07) is 6.12. The molecule has 0 aliphatic rings. The van der Waals surface area contributed by atoms with Gasteiger partial charge in [-0.15, -0.1) is 0 Å². The molecule has 114 valence electrons. The van der Waals surface area contributed by atoms with Crippen LogP contribution in [0.1, 0.15) is 45.1 Å². The second-order valence-corrected chi connectivity index (χ2v) is 6.96. The third-order valence-corrected chi connectivity index (χ3v) is 4.68. The molecule has 0 saturated carbocycles. The molecule has 0 aromatic heterocycles. The van der Waals surface area contributed by atoms with Crippen LogP contribution in [-0.2, 0) is 4.79 Å². The maximum Gasteiger partial charge on any atom is 0.244 e. The van der Waals surface area contributed by atoms with Gasteiger partial charge in [0.15, 0.2) is 0 Å². The number of hydrogen-bond donors (Lipinski definition) is 1. The summed E-state index contributed by atoms with van der Waals surface area (Å²) in [5, 5.41) is 12.4.